The van der Waals surface area contributed by atoms with E-state index in [1.54, 1.807) is 0 Å². The van der Waals surface area contributed by atoms with Crippen molar-refractivity contribution < 1.29 is 25.2 Å². The summed E-state index contributed by atoms with van der Waals surface area (Å²) in [5.74, 6) is 0. The first-order valence-corrected chi connectivity index (χ1v) is 15.7. The van der Waals surface area contributed by atoms with Crippen LogP contribution in [0.4, 0.5) is 4.79 Å². The van der Waals surface area contributed by atoms with Crippen LogP contribution >= 0.6 is 0 Å². The first-order valence-electron chi connectivity index (χ1n) is 14.9. The van der Waals surface area contributed by atoms with Gasteiger partial charge in [-0.25, -0.2) is 4.79 Å². The van der Waals surface area contributed by atoms with Crippen molar-refractivity contribution >= 4 is 6.03 Å². The van der Waals surface area contributed by atoms with E-state index < -0.39 is 0 Å². The molecule has 189 valence electrons. The van der Waals surface area contributed by atoms with Crippen LogP contribution < -0.4 is 0 Å². The summed E-state index contributed by atoms with van der Waals surface area (Å²) in [4.78, 5) is 19.3. The molecular formula is C30H49N2OTi. The molecule has 2 amide bonds. The van der Waals surface area contributed by atoms with Gasteiger partial charge in [0.2, 0.25) is 0 Å². The molecule has 5 aliphatic rings. The summed E-state index contributed by atoms with van der Waals surface area (Å²) in [7, 11) is 0. The maximum atomic E-state index is 14.3. The molecule has 0 spiro atoms. The predicted molar refractivity (Wildman–Crippen MR) is 138 cm³/mol. The van der Waals surface area contributed by atoms with Crippen LogP contribution in [0.3, 0.4) is 0 Å². The number of urea groups is 1. The topological polar surface area (TPSA) is 23.6 Å². The van der Waals surface area contributed by atoms with Gasteiger partial charge in [0, 0.05) is 24.2 Å². The molecule has 0 saturated heterocycles. The van der Waals surface area contributed by atoms with Crippen LogP contribution in [0.25, 0.3) is 0 Å². The van der Waals surface area contributed by atoms with E-state index in [4.69, 9.17) is 0 Å². The van der Waals surface area contributed by atoms with Gasteiger partial charge in [0.25, 0.3) is 0 Å². The van der Waals surface area contributed by atoms with E-state index in [2.05, 4.69) is 48.5 Å². The molecule has 0 bridgehead atoms. The minimum atomic E-state index is 0.470. The monoisotopic (exact) mass is 501 g/mol. The molecule has 0 atom stereocenters. The fourth-order valence-corrected chi connectivity index (χ4v) is 7.57. The van der Waals surface area contributed by atoms with E-state index in [-0.39, 0.29) is 0 Å². The van der Waals surface area contributed by atoms with Crippen LogP contribution in [0, 0.1) is 0 Å². The van der Waals surface area contributed by atoms with Gasteiger partial charge >= 0.3 is 55.0 Å². The van der Waals surface area contributed by atoms with Gasteiger partial charge in [-0.1, -0.05) is 77.0 Å². The molecule has 3 nitrogen and oxygen atoms in total. The van der Waals surface area contributed by atoms with Gasteiger partial charge < -0.3 is 9.80 Å². The SMILES string of the molecule is O=C(N(C1CCCCC1)C1CCCCC1)N(C1CCCCC1)C1CCCCC1.[Ti][C]1=CC=CC1. The van der Waals surface area contributed by atoms with E-state index in [1.165, 1.54) is 139 Å². The molecule has 4 saturated carbocycles. The number of allylic oxidation sites excluding steroid dienone is 4. The first kappa shape index (κ1) is 26.5. The summed E-state index contributed by atoms with van der Waals surface area (Å²) < 4.78 is 1.47. The fourth-order valence-electron chi connectivity index (χ4n) is 7.24. The van der Waals surface area contributed by atoms with Gasteiger partial charge in [-0.15, -0.1) is 0 Å². The zero-order chi connectivity index (χ0) is 23.6. The molecule has 5 aliphatic carbocycles. The van der Waals surface area contributed by atoms with E-state index >= 15 is 0 Å². The summed E-state index contributed by atoms with van der Waals surface area (Å²) in [6.07, 6.45) is 33.7. The van der Waals surface area contributed by atoms with Gasteiger partial charge in [-0.2, -0.15) is 0 Å². The molecule has 0 aliphatic heterocycles. The molecule has 0 aromatic carbocycles. The molecular weight excluding hydrogens is 452 g/mol. The Labute approximate surface area is 221 Å². The summed E-state index contributed by atoms with van der Waals surface area (Å²) in [5.41, 5.74) is 0. The minimum absolute atomic E-state index is 0.470. The molecule has 0 unspecified atom stereocenters. The predicted octanol–water partition coefficient (Wildman–Crippen LogP) is 8.42. The van der Waals surface area contributed by atoms with Gasteiger partial charge in [0.05, 0.1) is 0 Å². The van der Waals surface area contributed by atoms with Crippen LogP contribution in [0.2, 0.25) is 0 Å². The average molecular weight is 502 g/mol. The second-order valence-electron chi connectivity index (χ2n) is 11.6. The normalized spacial score (nSPS) is 25.3. The Morgan fingerprint density at radius 3 is 1.12 bits per heavy atom. The molecule has 0 heterocycles. The summed E-state index contributed by atoms with van der Waals surface area (Å²) >= 11 is 2.14. The standard InChI is InChI=1S/C25H44N2O.C5H5.Ti/c28-25(26(21-13-5-1-6-14-21)22-15-7-2-8-16-22)27(23-17-9-3-10-18-23)24-19-11-4-12-20-24;1-2-4-5-3-1;/h21-24H,1-20H2;1-3H,4H2;. The molecule has 4 heteroatoms. The third-order valence-corrected chi connectivity index (χ3v) is 9.66. The molecule has 5 rings (SSSR count). The van der Waals surface area contributed by atoms with Crippen LogP contribution in [-0.4, -0.2) is 40.0 Å². The van der Waals surface area contributed by atoms with Crippen LogP contribution in [0.1, 0.15) is 135 Å². The van der Waals surface area contributed by atoms with Crippen molar-refractivity contribution in [1.29, 1.82) is 0 Å². The Kier molecular flexibility index (Phi) is 11.1. The molecule has 0 aromatic rings. The number of carbonyl (C=O) groups excluding carboxylic acids is 1. The van der Waals surface area contributed by atoms with E-state index in [0.29, 0.717) is 30.2 Å². The second kappa shape index (κ2) is 14.3. The number of hydrogen-bond donors (Lipinski definition) is 0. The Hall–Kier alpha value is -0.536. The zero-order valence-electron chi connectivity index (χ0n) is 21.7. The van der Waals surface area contributed by atoms with Gasteiger partial charge in [0.15, 0.2) is 0 Å². The Morgan fingerprint density at radius 2 is 0.912 bits per heavy atom. The summed E-state index contributed by atoms with van der Waals surface area (Å²) in [5, 5.41) is 0. The number of amides is 2. The Balaban J connectivity index is 0.000000398. The third-order valence-electron chi connectivity index (χ3n) is 9.09. The van der Waals surface area contributed by atoms with Crippen molar-refractivity contribution in [2.75, 3.05) is 0 Å². The van der Waals surface area contributed by atoms with Crippen molar-refractivity contribution in [1.82, 2.24) is 9.80 Å². The average Bonchev–Trinajstić information content (AvgIpc) is 3.38. The number of rotatable bonds is 4. The number of hydrogen-bond acceptors (Lipinski definition) is 1. The quantitative estimate of drug-likeness (QED) is 0.355. The first-order chi connectivity index (χ1) is 16.7. The van der Waals surface area contributed by atoms with E-state index in [0.717, 1.165) is 0 Å². The maximum absolute atomic E-state index is 14.3. The van der Waals surface area contributed by atoms with Crippen molar-refractivity contribution in [2.45, 2.75) is 159 Å². The van der Waals surface area contributed by atoms with Crippen molar-refractivity contribution in [3.05, 3.63) is 22.1 Å². The van der Waals surface area contributed by atoms with Crippen molar-refractivity contribution in [3.63, 3.8) is 0 Å². The molecule has 0 aromatic heterocycles. The molecule has 0 radical (unpaired) electrons. The summed E-state index contributed by atoms with van der Waals surface area (Å²) in [6, 6.07) is 2.58. The Bertz CT molecular complexity index is 587. The Morgan fingerprint density at radius 1 is 0.588 bits per heavy atom. The van der Waals surface area contributed by atoms with E-state index in [9.17, 15) is 4.79 Å². The fraction of sp³-hybridized carbons (Fsp3) is 0.833. The molecule has 0 N–H and O–H groups in total. The van der Waals surface area contributed by atoms with E-state index in [1.807, 2.05) is 0 Å². The number of nitrogens with zero attached hydrogens (tertiary/aromatic N) is 2. The molecule has 34 heavy (non-hydrogen) atoms. The van der Waals surface area contributed by atoms with Crippen LogP contribution in [0.15, 0.2) is 22.1 Å². The zero-order valence-corrected chi connectivity index (χ0v) is 23.3. The summed E-state index contributed by atoms with van der Waals surface area (Å²) in [6.45, 7) is 0. The van der Waals surface area contributed by atoms with Crippen LogP contribution in [-0.2, 0) is 20.4 Å². The van der Waals surface area contributed by atoms with Gasteiger partial charge in [-0.05, 0) is 51.4 Å². The van der Waals surface area contributed by atoms with Gasteiger partial charge in [-0.3, -0.25) is 0 Å². The third kappa shape index (κ3) is 7.48. The van der Waals surface area contributed by atoms with Crippen molar-refractivity contribution in [2.24, 2.45) is 0 Å². The van der Waals surface area contributed by atoms with Gasteiger partial charge in [0.1, 0.15) is 0 Å². The second-order valence-corrected chi connectivity index (χ2v) is 12.6. The van der Waals surface area contributed by atoms with Crippen molar-refractivity contribution in [3.8, 4) is 0 Å². The number of carbonyl (C=O) groups is 1. The van der Waals surface area contributed by atoms with Crippen LogP contribution in [0.5, 0.6) is 0 Å². The molecule has 4 fully saturated rings.